The molecular weight excluding hydrogens is 279 g/mol. The number of aliphatic hydroxyl groups excluding tert-OH is 1. The van der Waals surface area contributed by atoms with E-state index in [1.165, 1.54) is 12.1 Å². The molecule has 1 aromatic carbocycles. The van der Waals surface area contributed by atoms with Crippen LogP contribution in [0, 0.1) is 19.7 Å². The molecule has 0 radical (unpaired) electrons. The molecule has 3 aromatic rings. The second-order valence-corrected chi connectivity index (χ2v) is 5.52. The highest BCUT2D eigenvalue weighted by molar-refractivity contribution is 5.87. The summed E-state index contributed by atoms with van der Waals surface area (Å²) in [7, 11) is 0. The van der Waals surface area contributed by atoms with E-state index in [1.807, 2.05) is 26.0 Å². The first-order chi connectivity index (χ1) is 10.5. The maximum absolute atomic E-state index is 13.1. The van der Waals surface area contributed by atoms with Gasteiger partial charge in [0.15, 0.2) is 0 Å². The quantitative estimate of drug-likeness (QED) is 0.774. The van der Waals surface area contributed by atoms with Crippen LogP contribution in [0.2, 0.25) is 0 Å². The van der Waals surface area contributed by atoms with E-state index in [0.717, 1.165) is 33.4 Å². The van der Waals surface area contributed by atoms with Gasteiger partial charge in [-0.15, -0.1) is 0 Å². The lowest BCUT2D eigenvalue weighted by atomic mass is 10.00. The van der Waals surface area contributed by atoms with Gasteiger partial charge in [-0.1, -0.05) is 12.1 Å². The lowest BCUT2D eigenvalue weighted by Gasteiger charge is -2.13. The van der Waals surface area contributed by atoms with Crippen LogP contribution in [0.25, 0.3) is 22.0 Å². The summed E-state index contributed by atoms with van der Waals surface area (Å²) >= 11 is 0. The third-order valence-electron chi connectivity index (χ3n) is 3.71. The molecule has 2 heterocycles. The Morgan fingerprint density at radius 3 is 2.36 bits per heavy atom. The highest BCUT2D eigenvalue weighted by atomic mass is 19.1. The first kappa shape index (κ1) is 14.6. The fourth-order valence-corrected chi connectivity index (χ4v) is 2.66. The van der Waals surface area contributed by atoms with Gasteiger partial charge in [-0.3, -0.25) is 9.97 Å². The van der Waals surface area contributed by atoms with Crippen LogP contribution in [0.5, 0.6) is 0 Å². The Hall–Kier alpha value is -2.33. The molecule has 3 rings (SSSR count). The van der Waals surface area contributed by atoms with Crippen molar-refractivity contribution < 1.29 is 9.50 Å². The van der Waals surface area contributed by atoms with Crippen LogP contribution in [-0.4, -0.2) is 15.1 Å². The Morgan fingerprint density at radius 2 is 1.73 bits per heavy atom. The first-order valence-electron chi connectivity index (χ1n) is 7.18. The molecule has 22 heavy (non-hydrogen) atoms. The van der Waals surface area contributed by atoms with E-state index in [9.17, 15) is 9.50 Å². The molecule has 0 fully saturated rings. The lowest BCUT2D eigenvalue weighted by molar-refractivity contribution is 0.196. The third-order valence-corrected chi connectivity index (χ3v) is 3.71. The van der Waals surface area contributed by atoms with Crippen LogP contribution < -0.4 is 0 Å². The number of hydrogen-bond acceptors (Lipinski definition) is 3. The summed E-state index contributed by atoms with van der Waals surface area (Å²) in [6.45, 7) is 5.50. The second kappa shape index (κ2) is 5.46. The SMILES string of the molecule is Cc1cc2nc(C)c(-c3ccc(F)cc3)cc2c(C(C)O)n1. The third kappa shape index (κ3) is 2.57. The van der Waals surface area contributed by atoms with Crippen molar-refractivity contribution in [2.75, 3.05) is 0 Å². The number of rotatable bonds is 2. The zero-order chi connectivity index (χ0) is 15.9. The average molecular weight is 296 g/mol. The topological polar surface area (TPSA) is 46.0 Å². The molecule has 0 saturated heterocycles. The van der Waals surface area contributed by atoms with E-state index >= 15 is 0 Å². The predicted octanol–water partition coefficient (Wildman–Crippen LogP) is 4.11. The van der Waals surface area contributed by atoms with Gasteiger partial charge in [-0.05, 0) is 50.6 Å². The molecule has 0 aliphatic rings. The number of benzene rings is 1. The Balaban J connectivity index is 2.28. The van der Waals surface area contributed by atoms with Gasteiger partial charge >= 0.3 is 0 Å². The van der Waals surface area contributed by atoms with E-state index in [2.05, 4.69) is 9.97 Å². The number of halogens is 1. The largest absolute Gasteiger partial charge is 0.387 e. The predicted molar refractivity (Wildman–Crippen MR) is 85.0 cm³/mol. The van der Waals surface area contributed by atoms with Crippen LogP contribution in [0.1, 0.15) is 30.1 Å². The summed E-state index contributed by atoms with van der Waals surface area (Å²) in [5.74, 6) is -0.267. The number of aryl methyl sites for hydroxylation is 2. The Labute approximate surface area is 128 Å². The number of fused-ring (bicyclic) bond motifs is 1. The van der Waals surface area contributed by atoms with Crippen LogP contribution in [0.4, 0.5) is 4.39 Å². The van der Waals surface area contributed by atoms with E-state index in [4.69, 9.17) is 0 Å². The zero-order valence-electron chi connectivity index (χ0n) is 12.8. The monoisotopic (exact) mass is 296 g/mol. The number of aromatic nitrogens is 2. The van der Waals surface area contributed by atoms with Gasteiger partial charge in [0.1, 0.15) is 5.82 Å². The fourth-order valence-electron chi connectivity index (χ4n) is 2.66. The van der Waals surface area contributed by atoms with Gasteiger partial charge in [-0.2, -0.15) is 0 Å². The smallest absolute Gasteiger partial charge is 0.123 e. The van der Waals surface area contributed by atoms with Crippen molar-refractivity contribution in [1.82, 2.24) is 9.97 Å². The van der Waals surface area contributed by atoms with E-state index in [-0.39, 0.29) is 5.82 Å². The highest BCUT2D eigenvalue weighted by Crippen LogP contribution is 2.30. The normalized spacial score (nSPS) is 12.6. The maximum Gasteiger partial charge on any atom is 0.123 e. The fraction of sp³-hybridized carbons (Fsp3) is 0.222. The van der Waals surface area contributed by atoms with Crippen molar-refractivity contribution in [3.63, 3.8) is 0 Å². The van der Waals surface area contributed by atoms with Gasteiger partial charge in [0.25, 0.3) is 0 Å². The maximum atomic E-state index is 13.1. The van der Waals surface area contributed by atoms with Gasteiger partial charge in [0.05, 0.1) is 17.3 Å². The molecule has 0 bridgehead atoms. The molecule has 0 spiro atoms. The molecule has 0 aliphatic heterocycles. The van der Waals surface area contributed by atoms with Gasteiger partial charge in [0.2, 0.25) is 0 Å². The second-order valence-electron chi connectivity index (χ2n) is 5.52. The molecule has 4 heteroatoms. The average Bonchev–Trinajstić information content (AvgIpc) is 2.46. The summed E-state index contributed by atoms with van der Waals surface area (Å²) in [5.41, 5.74) is 4.93. The Bertz CT molecular complexity index is 842. The molecular formula is C18H17FN2O. The summed E-state index contributed by atoms with van der Waals surface area (Å²) in [5, 5.41) is 10.8. The molecule has 0 aliphatic carbocycles. The molecule has 3 nitrogen and oxygen atoms in total. The number of pyridine rings is 2. The van der Waals surface area contributed by atoms with Gasteiger partial charge in [-0.25, -0.2) is 4.39 Å². The van der Waals surface area contributed by atoms with Gasteiger partial charge < -0.3 is 5.11 Å². The van der Waals surface area contributed by atoms with Crippen molar-refractivity contribution in [3.05, 3.63) is 59.3 Å². The number of aliphatic hydroxyl groups is 1. The number of nitrogens with zero attached hydrogens (tertiary/aromatic N) is 2. The zero-order valence-corrected chi connectivity index (χ0v) is 12.8. The number of hydrogen-bond donors (Lipinski definition) is 1. The van der Waals surface area contributed by atoms with Crippen LogP contribution in [0.15, 0.2) is 36.4 Å². The standard InChI is InChI=1S/C18H17FN2O/c1-10-8-17-16(18(20-10)12(3)22)9-15(11(2)21-17)13-4-6-14(19)7-5-13/h4-9,12,22H,1-3H3. The van der Waals surface area contributed by atoms with E-state index < -0.39 is 6.10 Å². The van der Waals surface area contributed by atoms with Crippen LogP contribution in [0.3, 0.4) is 0 Å². The molecule has 2 aromatic heterocycles. The van der Waals surface area contributed by atoms with Crippen LogP contribution >= 0.6 is 0 Å². The molecule has 0 saturated carbocycles. The Kier molecular flexibility index (Phi) is 3.62. The van der Waals surface area contributed by atoms with E-state index in [0.29, 0.717) is 5.69 Å². The minimum absolute atomic E-state index is 0.267. The van der Waals surface area contributed by atoms with Crippen molar-refractivity contribution in [2.24, 2.45) is 0 Å². The Morgan fingerprint density at radius 1 is 1.05 bits per heavy atom. The van der Waals surface area contributed by atoms with Gasteiger partial charge in [0, 0.05) is 22.3 Å². The van der Waals surface area contributed by atoms with Crippen LogP contribution in [-0.2, 0) is 0 Å². The minimum atomic E-state index is -0.673. The van der Waals surface area contributed by atoms with E-state index in [1.54, 1.807) is 19.1 Å². The van der Waals surface area contributed by atoms with Crippen molar-refractivity contribution >= 4 is 10.9 Å². The lowest BCUT2D eigenvalue weighted by Crippen LogP contribution is -2.01. The van der Waals surface area contributed by atoms with Crippen molar-refractivity contribution in [3.8, 4) is 11.1 Å². The minimum Gasteiger partial charge on any atom is -0.387 e. The molecule has 1 unspecified atom stereocenters. The summed E-state index contributed by atoms with van der Waals surface area (Å²) in [6, 6.07) is 10.2. The molecule has 0 amide bonds. The molecule has 1 atom stereocenters. The van der Waals surface area contributed by atoms with Crippen molar-refractivity contribution in [1.29, 1.82) is 0 Å². The van der Waals surface area contributed by atoms with Crippen molar-refractivity contribution in [2.45, 2.75) is 26.9 Å². The summed E-state index contributed by atoms with van der Waals surface area (Å²) < 4.78 is 13.1. The summed E-state index contributed by atoms with van der Waals surface area (Å²) in [4.78, 5) is 9.06. The summed E-state index contributed by atoms with van der Waals surface area (Å²) in [6.07, 6.45) is -0.673. The highest BCUT2D eigenvalue weighted by Gasteiger charge is 2.13. The molecule has 112 valence electrons. The molecule has 1 N–H and O–H groups in total. The first-order valence-corrected chi connectivity index (χ1v) is 7.18.